The van der Waals surface area contributed by atoms with Crippen molar-refractivity contribution in [2.75, 3.05) is 33.2 Å². The highest BCUT2D eigenvalue weighted by Gasteiger charge is 2.64. The number of oxime groups is 1. The van der Waals surface area contributed by atoms with Crippen LogP contribution in [0.3, 0.4) is 0 Å². The molecule has 6 rings (SSSR count). The van der Waals surface area contributed by atoms with E-state index in [4.69, 9.17) is 24.2 Å². The molecule has 0 spiro atoms. The van der Waals surface area contributed by atoms with Crippen molar-refractivity contribution < 1.29 is 29.3 Å². The SMILES string of the molecule is C=CCO[C@@]12Oc3ccc(Oc4ccc(SC)cc4)cc3[C@H]3[C@H](CCCCO)[C@@H](CCCCO)C=C(C(=NOC)C[C@@H]1SC1CCCC1)[C@H]32. The maximum atomic E-state index is 9.83. The largest absolute Gasteiger partial charge is 0.460 e. The van der Waals surface area contributed by atoms with E-state index in [9.17, 15) is 10.2 Å². The molecule has 1 heterocycles. The molecule has 0 amide bonds. The number of thioether (sulfide) groups is 2. The summed E-state index contributed by atoms with van der Waals surface area (Å²) in [6, 6.07) is 14.5. The molecule has 0 aromatic heterocycles. The second-order valence-corrected chi connectivity index (χ2v) is 16.1. The van der Waals surface area contributed by atoms with Crippen LogP contribution in [0.4, 0.5) is 0 Å². The van der Waals surface area contributed by atoms with Gasteiger partial charge in [-0.15, -0.1) is 30.1 Å². The van der Waals surface area contributed by atoms with Crippen LogP contribution in [0, 0.1) is 17.8 Å². The standard InChI is InChI=1S/C40H53NO6S2/c1-4-23-45-40-37(49-31-12-5-6-13-31)26-35(41-44-2)33-24-27(11-7-9-21-42)32(14-8-10-22-43)38(39(33)40)34-25-29(17-20-36(34)47-40)46-28-15-18-30(48-3)19-16-28/h4,15-20,24-25,27,31-32,37-39,42-43H,1,5-14,21-23,26H2,2-3H3/t27-,32+,37-,38+,39+,40+/m0/s1. The molecule has 6 atom stereocenters. The first-order valence-electron chi connectivity index (χ1n) is 18.1. The quantitative estimate of drug-likeness (QED) is 0.0729. The topological polar surface area (TPSA) is 89.7 Å². The van der Waals surface area contributed by atoms with Gasteiger partial charge in [-0.25, -0.2) is 0 Å². The van der Waals surface area contributed by atoms with Gasteiger partial charge < -0.3 is 29.3 Å². The summed E-state index contributed by atoms with van der Waals surface area (Å²) in [7, 11) is 1.64. The average molecular weight is 708 g/mol. The Labute approximate surface area is 300 Å². The van der Waals surface area contributed by atoms with Gasteiger partial charge in [0.1, 0.15) is 24.4 Å². The minimum Gasteiger partial charge on any atom is -0.460 e. The third-order valence-corrected chi connectivity index (χ3v) is 13.2. The second-order valence-electron chi connectivity index (χ2n) is 13.7. The molecule has 2 N–H and O–H groups in total. The molecule has 4 aliphatic rings. The Morgan fingerprint density at radius 2 is 1.73 bits per heavy atom. The van der Waals surface area contributed by atoms with Crippen molar-refractivity contribution in [3.05, 3.63) is 72.3 Å². The van der Waals surface area contributed by atoms with E-state index in [1.54, 1.807) is 18.9 Å². The van der Waals surface area contributed by atoms with Gasteiger partial charge >= 0.3 is 0 Å². The molecule has 266 valence electrons. The fourth-order valence-electron chi connectivity index (χ4n) is 8.65. The number of nitrogens with zero attached hydrogens (tertiary/aromatic N) is 1. The Kier molecular flexibility index (Phi) is 12.8. The van der Waals surface area contributed by atoms with E-state index in [0.29, 0.717) is 18.3 Å². The molecule has 2 saturated carbocycles. The first-order chi connectivity index (χ1) is 24.0. The van der Waals surface area contributed by atoms with E-state index in [1.165, 1.54) is 30.6 Å². The van der Waals surface area contributed by atoms with Crippen LogP contribution < -0.4 is 9.47 Å². The minimum absolute atomic E-state index is 0.0113. The molecular formula is C40H53NO6S2. The average Bonchev–Trinajstić information content (AvgIpc) is 3.64. The number of fused-ring (bicyclic) bond motifs is 2. The van der Waals surface area contributed by atoms with Gasteiger partial charge in [0.2, 0.25) is 5.79 Å². The zero-order valence-electron chi connectivity index (χ0n) is 29.1. The number of aliphatic hydroxyl groups excluding tert-OH is 2. The Morgan fingerprint density at radius 1 is 1.00 bits per heavy atom. The molecule has 2 aromatic carbocycles. The van der Waals surface area contributed by atoms with Gasteiger partial charge in [-0.3, -0.25) is 0 Å². The first-order valence-corrected chi connectivity index (χ1v) is 20.3. The van der Waals surface area contributed by atoms with Gasteiger partial charge in [0.25, 0.3) is 0 Å². The number of rotatable bonds is 17. The molecule has 0 radical (unpaired) electrons. The normalized spacial score (nSPS) is 28.4. The van der Waals surface area contributed by atoms with E-state index in [-0.39, 0.29) is 42.1 Å². The minimum atomic E-state index is -0.918. The van der Waals surface area contributed by atoms with Crippen LogP contribution in [0.2, 0.25) is 0 Å². The van der Waals surface area contributed by atoms with E-state index in [2.05, 4.69) is 43.2 Å². The first kappa shape index (κ1) is 36.4. The van der Waals surface area contributed by atoms with Gasteiger partial charge in [0.05, 0.1) is 23.5 Å². The molecule has 2 fully saturated rings. The van der Waals surface area contributed by atoms with E-state index in [1.807, 2.05) is 36.0 Å². The van der Waals surface area contributed by atoms with Crippen molar-refractivity contribution in [1.82, 2.24) is 0 Å². The van der Waals surface area contributed by atoms with Crippen molar-refractivity contribution >= 4 is 29.2 Å². The molecule has 1 aliphatic heterocycles. The number of unbranched alkanes of at least 4 members (excludes halogenated alkanes) is 2. The number of ether oxygens (including phenoxy) is 3. The highest BCUT2D eigenvalue weighted by molar-refractivity contribution is 8.00. The highest BCUT2D eigenvalue weighted by atomic mass is 32.2. The van der Waals surface area contributed by atoms with E-state index in [0.717, 1.165) is 72.6 Å². The summed E-state index contributed by atoms with van der Waals surface area (Å²) in [6.07, 6.45) is 17.3. The van der Waals surface area contributed by atoms with Crippen molar-refractivity contribution in [2.45, 2.75) is 97.7 Å². The highest BCUT2D eigenvalue weighted by Crippen LogP contribution is 2.63. The lowest BCUT2D eigenvalue weighted by Crippen LogP contribution is -2.64. The van der Waals surface area contributed by atoms with Crippen molar-refractivity contribution in [3.8, 4) is 17.2 Å². The Balaban J connectivity index is 1.51. The zero-order chi connectivity index (χ0) is 34.2. The summed E-state index contributed by atoms with van der Waals surface area (Å²) in [5.74, 6) is 1.97. The zero-order valence-corrected chi connectivity index (χ0v) is 30.7. The summed E-state index contributed by atoms with van der Waals surface area (Å²) in [5.41, 5.74) is 3.28. The number of hydrogen-bond acceptors (Lipinski definition) is 9. The third kappa shape index (κ3) is 7.91. The lowest BCUT2D eigenvalue weighted by atomic mass is 9.56. The van der Waals surface area contributed by atoms with Crippen LogP contribution >= 0.6 is 23.5 Å². The van der Waals surface area contributed by atoms with Crippen molar-refractivity contribution in [2.24, 2.45) is 22.9 Å². The molecule has 2 aromatic rings. The molecular weight excluding hydrogens is 655 g/mol. The van der Waals surface area contributed by atoms with Gasteiger partial charge in [-0.1, -0.05) is 43.0 Å². The van der Waals surface area contributed by atoms with Crippen molar-refractivity contribution in [3.63, 3.8) is 0 Å². The number of hydrogen-bond donors (Lipinski definition) is 2. The van der Waals surface area contributed by atoms with Crippen LogP contribution in [0.25, 0.3) is 0 Å². The van der Waals surface area contributed by atoms with Crippen LogP contribution in [0.5, 0.6) is 17.2 Å². The Hall–Kier alpha value is -2.43. The molecule has 0 bridgehead atoms. The van der Waals surface area contributed by atoms with Crippen molar-refractivity contribution in [1.29, 1.82) is 0 Å². The molecule has 3 aliphatic carbocycles. The smallest absolute Gasteiger partial charge is 0.230 e. The monoisotopic (exact) mass is 707 g/mol. The maximum absolute atomic E-state index is 9.83. The Morgan fingerprint density at radius 3 is 2.43 bits per heavy atom. The van der Waals surface area contributed by atoms with Gasteiger partial charge in [-0.2, -0.15) is 0 Å². The van der Waals surface area contributed by atoms with Gasteiger partial charge in [0.15, 0.2) is 0 Å². The van der Waals surface area contributed by atoms with E-state index < -0.39 is 5.79 Å². The summed E-state index contributed by atoms with van der Waals surface area (Å²) >= 11 is 3.73. The van der Waals surface area contributed by atoms with Crippen LogP contribution in [-0.4, -0.2) is 65.4 Å². The maximum Gasteiger partial charge on any atom is 0.230 e. The number of aliphatic hydroxyl groups is 2. The fraction of sp³-hybridized carbons (Fsp3) is 0.575. The van der Waals surface area contributed by atoms with Gasteiger partial charge in [-0.05, 0) is 105 Å². The van der Waals surface area contributed by atoms with Crippen LogP contribution in [-0.2, 0) is 9.57 Å². The molecule has 0 unspecified atom stereocenters. The summed E-state index contributed by atoms with van der Waals surface area (Å²) < 4.78 is 20.8. The Bertz CT molecular complexity index is 1460. The lowest BCUT2D eigenvalue weighted by Gasteiger charge is -2.58. The molecule has 49 heavy (non-hydrogen) atoms. The molecule has 7 nitrogen and oxygen atoms in total. The number of benzene rings is 2. The molecule has 0 saturated heterocycles. The third-order valence-electron chi connectivity index (χ3n) is 10.8. The lowest BCUT2D eigenvalue weighted by molar-refractivity contribution is -0.223. The van der Waals surface area contributed by atoms with Gasteiger partial charge in [0, 0.05) is 41.3 Å². The summed E-state index contributed by atoms with van der Waals surface area (Å²) in [6.45, 7) is 4.79. The molecule has 9 heteroatoms. The second kappa shape index (κ2) is 17.2. The number of allylic oxidation sites excluding steroid dienone is 1. The predicted octanol–water partition coefficient (Wildman–Crippen LogP) is 9.14. The predicted molar refractivity (Wildman–Crippen MR) is 200 cm³/mol. The van der Waals surface area contributed by atoms with E-state index >= 15 is 0 Å². The summed E-state index contributed by atoms with van der Waals surface area (Å²) in [5, 5.41) is 24.8. The van der Waals surface area contributed by atoms with Crippen LogP contribution in [0.1, 0.15) is 82.1 Å². The fourth-order valence-corrected chi connectivity index (χ4v) is 10.8. The van der Waals surface area contributed by atoms with Crippen LogP contribution in [0.15, 0.2) is 76.8 Å². The summed E-state index contributed by atoms with van der Waals surface area (Å²) in [4.78, 5) is 6.75.